The van der Waals surface area contributed by atoms with E-state index < -0.39 is 11.9 Å². The summed E-state index contributed by atoms with van der Waals surface area (Å²) in [6.45, 7) is 3.65. The normalized spacial score (nSPS) is 16.3. The number of esters is 2. The summed E-state index contributed by atoms with van der Waals surface area (Å²) < 4.78 is 11.2. The van der Waals surface area contributed by atoms with E-state index in [0.29, 0.717) is 12.8 Å². The summed E-state index contributed by atoms with van der Waals surface area (Å²) in [6, 6.07) is 16.2. The molecule has 4 heteroatoms. The van der Waals surface area contributed by atoms with Crippen LogP contribution in [0.4, 0.5) is 0 Å². The van der Waals surface area contributed by atoms with Crippen molar-refractivity contribution in [2.75, 3.05) is 0 Å². The fourth-order valence-corrected chi connectivity index (χ4v) is 4.10. The number of hydrogen-bond donors (Lipinski definition) is 0. The highest BCUT2D eigenvalue weighted by molar-refractivity contribution is 5.94. The van der Waals surface area contributed by atoms with Crippen molar-refractivity contribution < 1.29 is 19.1 Å². The van der Waals surface area contributed by atoms with Gasteiger partial charge in [-0.05, 0) is 34.4 Å². The van der Waals surface area contributed by atoms with E-state index in [2.05, 4.69) is 30.8 Å². The standard InChI is InChI=1S/C26H24O4/c1-2-7-18(26(28)30-24-16-21-10-5-6-11-22(21)17-24)12-13-25(27)29-23-14-19-8-3-4-9-20(19)15-23/h2-13,23-24H,1,14-17H2/b13-12+,18-7+. The fourth-order valence-electron chi connectivity index (χ4n) is 4.10. The van der Waals surface area contributed by atoms with Gasteiger partial charge in [0.1, 0.15) is 12.2 Å². The Morgan fingerprint density at radius 3 is 1.70 bits per heavy atom. The second-order valence-corrected chi connectivity index (χ2v) is 7.63. The first-order valence-electron chi connectivity index (χ1n) is 10.2. The topological polar surface area (TPSA) is 52.6 Å². The van der Waals surface area contributed by atoms with E-state index in [0.717, 1.165) is 12.8 Å². The van der Waals surface area contributed by atoms with Crippen molar-refractivity contribution in [1.29, 1.82) is 0 Å². The average Bonchev–Trinajstić information content (AvgIpc) is 3.33. The monoisotopic (exact) mass is 400 g/mol. The Bertz CT molecular complexity index is 981. The molecule has 4 rings (SSSR count). The van der Waals surface area contributed by atoms with Gasteiger partial charge in [0.05, 0.1) is 5.57 Å². The van der Waals surface area contributed by atoms with Gasteiger partial charge in [-0.3, -0.25) is 0 Å². The van der Waals surface area contributed by atoms with Crippen LogP contribution in [0.5, 0.6) is 0 Å². The van der Waals surface area contributed by atoms with E-state index >= 15 is 0 Å². The molecule has 152 valence electrons. The van der Waals surface area contributed by atoms with Crippen LogP contribution in [-0.2, 0) is 44.7 Å². The second kappa shape index (κ2) is 8.95. The molecule has 2 aromatic carbocycles. The molecular weight excluding hydrogens is 376 g/mol. The maximum Gasteiger partial charge on any atom is 0.338 e. The molecule has 30 heavy (non-hydrogen) atoms. The van der Waals surface area contributed by atoms with Crippen LogP contribution in [-0.4, -0.2) is 24.1 Å². The number of hydrogen-bond acceptors (Lipinski definition) is 4. The first-order chi connectivity index (χ1) is 14.6. The minimum absolute atomic E-state index is 0.171. The molecule has 0 fully saturated rings. The smallest absolute Gasteiger partial charge is 0.338 e. The molecule has 0 unspecified atom stereocenters. The molecule has 0 aliphatic heterocycles. The lowest BCUT2D eigenvalue weighted by molar-refractivity contribution is -0.143. The van der Waals surface area contributed by atoms with Gasteiger partial charge in [0, 0.05) is 31.8 Å². The van der Waals surface area contributed by atoms with Gasteiger partial charge in [-0.2, -0.15) is 0 Å². The highest BCUT2D eigenvalue weighted by Gasteiger charge is 2.26. The highest BCUT2D eigenvalue weighted by Crippen LogP contribution is 2.25. The molecule has 0 N–H and O–H groups in total. The highest BCUT2D eigenvalue weighted by atomic mass is 16.5. The average molecular weight is 400 g/mol. The van der Waals surface area contributed by atoms with Crippen LogP contribution >= 0.6 is 0 Å². The molecule has 4 nitrogen and oxygen atoms in total. The Kier molecular flexibility index (Phi) is 5.94. The number of rotatable bonds is 6. The van der Waals surface area contributed by atoms with Crippen molar-refractivity contribution >= 4 is 11.9 Å². The third-order valence-electron chi connectivity index (χ3n) is 5.52. The molecule has 0 spiro atoms. The molecule has 2 aliphatic rings. The van der Waals surface area contributed by atoms with E-state index in [1.165, 1.54) is 40.5 Å². The number of carbonyl (C=O) groups is 2. The zero-order valence-electron chi connectivity index (χ0n) is 16.8. The van der Waals surface area contributed by atoms with Crippen LogP contribution in [0.1, 0.15) is 22.3 Å². The van der Waals surface area contributed by atoms with E-state index in [-0.39, 0.29) is 17.8 Å². The van der Waals surface area contributed by atoms with Crippen LogP contribution in [0.3, 0.4) is 0 Å². The summed E-state index contributed by atoms with van der Waals surface area (Å²) >= 11 is 0. The largest absolute Gasteiger partial charge is 0.459 e. The molecule has 0 heterocycles. The Labute approximate surface area is 176 Å². The summed E-state index contributed by atoms with van der Waals surface area (Å²) in [5.41, 5.74) is 5.12. The Morgan fingerprint density at radius 2 is 1.23 bits per heavy atom. The third kappa shape index (κ3) is 4.60. The van der Waals surface area contributed by atoms with Crippen molar-refractivity contribution in [2.24, 2.45) is 0 Å². The van der Waals surface area contributed by atoms with Gasteiger partial charge >= 0.3 is 11.9 Å². The first-order valence-corrected chi connectivity index (χ1v) is 10.2. The lowest BCUT2D eigenvalue weighted by atomic mass is 10.1. The Morgan fingerprint density at radius 1 is 0.767 bits per heavy atom. The molecule has 0 atom stereocenters. The van der Waals surface area contributed by atoms with Crippen molar-refractivity contribution in [3.8, 4) is 0 Å². The summed E-state index contributed by atoms with van der Waals surface area (Å²) in [5, 5.41) is 0. The van der Waals surface area contributed by atoms with Gasteiger partial charge in [0.25, 0.3) is 0 Å². The quantitative estimate of drug-likeness (QED) is 0.417. The van der Waals surface area contributed by atoms with Gasteiger partial charge in [0.15, 0.2) is 0 Å². The molecule has 2 aliphatic carbocycles. The van der Waals surface area contributed by atoms with Crippen LogP contribution in [0, 0.1) is 0 Å². The van der Waals surface area contributed by atoms with Crippen molar-refractivity contribution in [3.63, 3.8) is 0 Å². The first kappa shape index (κ1) is 19.9. The van der Waals surface area contributed by atoms with Gasteiger partial charge in [-0.1, -0.05) is 61.2 Å². The SMILES string of the molecule is C=C/C=C(\C=C\C(=O)OC1Cc2ccccc2C1)C(=O)OC1Cc2ccccc2C1. The van der Waals surface area contributed by atoms with Crippen LogP contribution in [0.2, 0.25) is 0 Å². The van der Waals surface area contributed by atoms with E-state index in [1.54, 1.807) is 6.08 Å². The van der Waals surface area contributed by atoms with E-state index in [1.807, 2.05) is 24.3 Å². The zero-order valence-corrected chi connectivity index (χ0v) is 16.8. The molecular formula is C26H24O4. The summed E-state index contributed by atoms with van der Waals surface area (Å²) in [7, 11) is 0. The van der Waals surface area contributed by atoms with Crippen molar-refractivity contribution in [1.82, 2.24) is 0 Å². The summed E-state index contributed by atoms with van der Waals surface area (Å²) in [5.74, 6) is -0.936. The van der Waals surface area contributed by atoms with Gasteiger partial charge < -0.3 is 9.47 Å². The van der Waals surface area contributed by atoms with E-state index in [4.69, 9.17) is 9.47 Å². The van der Waals surface area contributed by atoms with Crippen LogP contribution in [0.15, 0.2) is 85.0 Å². The van der Waals surface area contributed by atoms with Gasteiger partial charge in [0.2, 0.25) is 0 Å². The lowest BCUT2D eigenvalue weighted by Crippen LogP contribution is -2.20. The molecule has 0 bridgehead atoms. The van der Waals surface area contributed by atoms with Crippen LogP contribution in [0.25, 0.3) is 0 Å². The Balaban J connectivity index is 1.32. The Hall–Kier alpha value is -3.40. The predicted octanol–water partition coefficient (Wildman–Crippen LogP) is 4.08. The maximum absolute atomic E-state index is 12.6. The number of fused-ring (bicyclic) bond motifs is 2. The minimum Gasteiger partial charge on any atom is -0.459 e. The van der Waals surface area contributed by atoms with Crippen molar-refractivity contribution in [2.45, 2.75) is 37.9 Å². The predicted molar refractivity (Wildman–Crippen MR) is 115 cm³/mol. The van der Waals surface area contributed by atoms with Crippen LogP contribution < -0.4 is 0 Å². The lowest BCUT2D eigenvalue weighted by Gasteiger charge is -2.12. The number of ether oxygens (including phenoxy) is 2. The number of benzene rings is 2. The minimum atomic E-state index is -0.469. The number of allylic oxidation sites excluding steroid dienone is 2. The third-order valence-corrected chi connectivity index (χ3v) is 5.52. The molecule has 0 aromatic heterocycles. The fraction of sp³-hybridized carbons (Fsp3) is 0.231. The molecule has 0 saturated heterocycles. The van der Waals surface area contributed by atoms with E-state index in [9.17, 15) is 9.59 Å². The second-order valence-electron chi connectivity index (χ2n) is 7.63. The van der Waals surface area contributed by atoms with Gasteiger partial charge in [-0.25, -0.2) is 9.59 Å². The zero-order chi connectivity index (χ0) is 20.9. The van der Waals surface area contributed by atoms with Gasteiger partial charge in [-0.15, -0.1) is 0 Å². The molecule has 2 aromatic rings. The van der Waals surface area contributed by atoms with Crippen molar-refractivity contribution in [3.05, 3.63) is 107 Å². The molecule has 0 amide bonds. The maximum atomic E-state index is 12.6. The summed E-state index contributed by atoms with van der Waals surface area (Å²) in [6.07, 6.45) is 8.25. The summed E-state index contributed by atoms with van der Waals surface area (Å²) in [4.78, 5) is 24.9. The molecule has 0 saturated carbocycles. The molecule has 0 radical (unpaired) electrons. The number of carbonyl (C=O) groups excluding carboxylic acids is 2.